The molecule has 1 aromatic carbocycles. The normalized spacial score (nSPS) is 21.1. The number of aromatic nitrogens is 1. The largest absolute Gasteiger partial charge is 0.450 e. The van der Waals surface area contributed by atoms with Gasteiger partial charge < -0.3 is 19.0 Å². The maximum absolute atomic E-state index is 13.0. The number of likely N-dealkylation sites (tertiary alicyclic amines) is 2. The Kier molecular flexibility index (Phi) is 5.50. The van der Waals surface area contributed by atoms with Crippen molar-refractivity contribution in [3.63, 3.8) is 0 Å². The Hall–Kier alpha value is -2.57. The molecule has 2 aliphatic heterocycles. The first-order valence-electron chi connectivity index (χ1n) is 10.2. The molecule has 3 heterocycles. The van der Waals surface area contributed by atoms with E-state index in [-0.39, 0.29) is 23.8 Å². The van der Waals surface area contributed by atoms with Crippen molar-refractivity contribution in [1.82, 2.24) is 14.8 Å². The van der Waals surface area contributed by atoms with Crippen LogP contribution in [-0.2, 0) is 9.53 Å². The number of oxazole rings is 1. The number of carbonyl (C=O) groups excluding carboxylic acids is 2. The smallest absolute Gasteiger partial charge is 0.409 e. The number of piperidine rings is 2. The number of hydrogen-bond donors (Lipinski definition) is 0. The van der Waals surface area contributed by atoms with Crippen molar-refractivity contribution in [1.29, 1.82) is 0 Å². The van der Waals surface area contributed by atoms with Gasteiger partial charge in [-0.1, -0.05) is 12.1 Å². The van der Waals surface area contributed by atoms with Gasteiger partial charge in [0.25, 0.3) is 0 Å². The Bertz CT molecular complexity index is 808. The predicted octanol–water partition coefficient (Wildman–Crippen LogP) is 3.40. The van der Waals surface area contributed by atoms with Crippen molar-refractivity contribution in [2.24, 2.45) is 5.92 Å². The Labute approximate surface area is 164 Å². The number of rotatable bonds is 3. The van der Waals surface area contributed by atoms with Crippen LogP contribution in [0.5, 0.6) is 0 Å². The summed E-state index contributed by atoms with van der Waals surface area (Å²) >= 11 is 0. The lowest BCUT2D eigenvalue weighted by molar-refractivity contribution is -0.138. The summed E-state index contributed by atoms with van der Waals surface area (Å²) in [7, 11) is 0. The van der Waals surface area contributed by atoms with Crippen LogP contribution in [-0.4, -0.2) is 59.6 Å². The van der Waals surface area contributed by atoms with E-state index in [4.69, 9.17) is 9.15 Å². The van der Waals surface area contributed by atoms with E-state index in [9.17, 15) is 9.59 Å². The van der Waals surface area contributed by atoms with Crippen LogP contribution in [0.3, 0.4) is 0 Å². The molecule has 150 valence electrons. The molecule has 2 fully saturated rings. The summed E-state index contributed by atoms with van der Waals surface area (Å²) in [5.41, 5.74) is 1.70. The third kappa shape index (κ3) is 3.84. The molecule has 28 heavy (non-hydrogen) atoms. The van der Waals surface area contributed by atoms with Crippen molar-refractivity contribution in [2.75, 3.05) is 32.8 Å². The molecule has 0 bridgehead atoms. The summed E-state index contributed by atoms with van der Waals surface area (Å²) < 4.78 is 11.0. The van der Waals surface area contributed by atoms with Crippen LogP contribution in [0.2, 0.25) is 0 Å². The van der Waals surface area contributed by atoms with Crippen LogP contribution >= 0.6 is 0 Å². The highest BCUT2D eigenvalue weighted by molar-refractivity contribution is 5.80. The number of hydrogen-bond acceptors (Lipinski definition) is 5. The zero-order valence-corrected chi connectivity index (χ0v) is 16.3. The maximum Gasteiger partial charge on any atom is 0.409 e. The van der Waals surface area contributed by atoms with E-state index in [1.807, 2.05) is 29.2 Å². The first kappa shape index (κ1) is 18.8. The van der Waals surface area contributed by atoms with Gasteiger partial charge in [-0.05, 0) is 44.7 Å². The van der Waals surface area contributed by atoms with Crippen LogP contribution < -0.4 is 0 Å². The van der Waals surface area contributed by atoms with Crippen LogP contribution in [0.25, 0.3) is 11.1 Å². The van der Waals surface area contributed by atoms with Crippen LogP contribution in [0.1, 0.15) is 44.4 Å². The van der Waals surface area contributed by atoms with Gasteiger partial charge in [0, 0.05) is 32.1 Å². The third-order valence-electron chi connectivity index (χ3n) is 5.76. The van der Waals surface area contributed by atoms with Crippen molar-refractivity contribution >= 4 is 23.1 Å². The molecule has 1 unspecified atom stereocenters. The van der Waals surface area contributed by atoms with Crippen LogP contribution in [0.4, 0.5) is 4.79 Å². The van der Waals surface area contributed by atoms with Crippen molar-refractivity contribution in [2.45, 2.75) is 38.5 Å². The van der Waals surface area contributed by atoms with Gasteiger partial charge in [0.15, 0.2) is 11.5 Å². The summed E-state index contributed by atoms with van der Waals surface area (Å²) in [5.74, 6) is 1.06. The molecule has 0 aliphatic carbocycles. The second kappa shape index (κ2) is 8.20. The summed E-state index contributed by atoms with van der Waals surface area (Å²) in [6.45, 7) is 4.70. The zero-order valence-electron chi connectivity index (χ0n) is 16.3. The molecule has 7 nitrogen and oxygen atoms in total. The molecule has 7 heteroatoms. The molecule has 1 atom stereocenters. The lowest BCUT2D eigenvalue weighted by Gasteiger charge is -2.37. The molecule has 1 aromatic heterocycles. The summed E-state index contributed by atoms with van der Waals surface area (Å²) in [4.78, 5) is 33.2. The molecule has 0 spiro atoms. The molecular formula is C21H27N3O4. The monoisotopic (exact) mass is 385 g/mol. The van der Waals surface area contributed by atoms with Gasteiger partial charge in [0.1, 0.15) is 5.52 Å². The van der Waals surface area contributed by atoms with E-state index in [1.165, 1.54) is 0 Å². The minimum absolute atomic E-state index is 0.126. The number of ether oxygens (including phenoxy) is 1. The second-order valence-corrected chi connectivity index (χ2v) is 7.60. The Morgan fingerprint density at radius 2 is 1.93 bits per heavy atom. The molecule has 2 aromatic rings. The quantitative estimate of drug-likeness (QED) is 0.809. The van der Waals surface area contributed by atoms with E-state index in [1.54, 1.807) is 11.8 Å². The Morgan fingerprint density at radius 3 is 2.68 bits per heavy atom. The van der Waals surface area contributed by atoms with Gasteiger partial charge in [-0.3, -0.25) is 4.79 Å². The van der Waals surface area contributed by atoms with E-state index >= 15 is 0 Å². The molecule has 0 N–H and O–H groups in total. The minimum atomic E-state index is -0.310. The van der Waals surface area contributed by atoms with Gasteiger partial charge in [-0.15, -0.1) is 0 Å². The highest BCUT2D eigenvalue weighted by Gasteiger charge is 2.34. The van der Waals surface area contributed by atoms with E-state index in [0.717, 1.165) is 42.7 Å². The van der Waals surface area contributed by atoms with Gasteiger partial charge in [-0.2, -0.15) is 0 Å². The number of nitrogens with zero attached hydrogens (tertiary/aromatic N) is 3. The fraction of sp³-hybridized carbons (Fsp3) is 0.571. The van der Waals surface area contributed by atoms with Crippen molar-refractivity contribution < 1.29 is 18.7 Å². The van der Waals surface area contributed by atoms with Gasteiger partial charge in [-0.25, -0.2) is 9.78 Å². The molecule has 0 radical (unpaired) electrons. The average Bonchev–Trinajstić information content (AvgIpc) is 3.18. The highest BCUT2D eigenvalue weighted by atomic mass is 16.6. The molecular weight excluding hydrogens is 358 g/mol. The fourth-order valence-corrected chi connectivity index (χ4v) is 4.23. The number of para-hydroxylation sites is 2. The molecule has 2 amide bonds. The number of benzene rings is 1. The topological polar surface area (TPSA) is 75.9 Å². The zero-order chi connectivity index (χ0) is 19.5. The van der Waals surface area contributed by atoms with Gasteiger partial charge in [0.2, 0.25) is 5.91 Å². The lowest BCUT2D eigenvalue weighted by Crippen LogP contribution is -2.48. The Balaban J connectivity index is 1.34. The van der Waals surface area contributed by atoms with Crippen LogP contribution in [0, 0.1) is 5.92 Å². The molecule has 0 saturated carbocycles. The highest BCUT2D eigenvalue weighted by Crippen LogP contribution is 2.31. The standard InChI is InChI=1S/C21H27N3O4/c1-2-27-21(26)24-11-5-6-16(14-24)20(25)23-12-9-15(10-13-23)19-22-17-7-3-4-8-18(17)28-19/h3-4,7-8,15-16H,2,5-6,9-14H2,1H3. The molecule has 2 saturated heterocycles. The third-order valence-corrected chi connectivity index (χ3v) is 5.76. The van der Waals surface area contributed by atoms with Crippen molar-refractivity contribution in [3.05, 3.63) is 30.2 Å². The fourth-order valence-electron chi connectivity index (χ4n) is 4.23. The van der Waals surface area contributed by atoms with Gasteiger partial charge >= 0.3 is 6.09 Å². The maximum atomic E-state index is 13.0. The van der Waals surface area contributed by atoms with E-state index < -0.39 is 0 Å². The van der Waals surface area contributed by atoms with Crippen LogP contribution in [0.15, 0.2) is 28.7 Å². The SMILES string of the molecule is CCOC(=O)N1CCCC(C(=O)N2CCC(c3nc4ccccc4o3)CC2)C1. The number of fused-ring (bicyclic) bond motifs is 1. The van der Waals surface area contributed by atoms with E-state index in [2.05, 4.69) is 4.98 Å². The van der Waals surface area contributed by atoms with E-state index in [0.29, 0.717) is 32.8 Å². The second-order valence-electron chi connectivity index (χ2n) is 7.60. The summed E-state index contributed by atoms with van der Waals surface area (Å²) in [6, 6.07) is 7.80. The minimum Gasteiger partial charge on any atom is -0.450 e. The average molecular weight is 385 g/mol. The summed E-state index contributed by atoms with van der Waals surface area (Å²) in [6.07, 6.45) is 3.07. The number of carbonyl (C=O) groups is 2. The Morgan fingerprint density at radius 1 is 1.14 bits per heavy atom. The lowest BCUT2D eigenvalue weighted by atomic mass is 9.93. The van der Waals surface area contributed by atoms with Crippen molar-refractivity contribution in [3.8, 4) is 0 Å². The first-order valence-corrected chi connectivity index (χ1v) is 10.2. The number of amides is 2. The molecule has 2 aliphatic rings. The molecule has 4 rings (SSSR count). The predicted molar refractivity (Wildman–Crippen MR) is 104 cm³/mol. The van der Waals surface area contributed by atoms with Gasteiger partial charge in [0.05, 0.1) is 12.5 Å². The first-order chi connectivity index (χ1) is 13.7. The summed E-state index contributed by atoms with van der Waals surface area (Å²) in [5, 5.41) is 0.